The summed E-state index contributed by atoms with van der Waals surface area (Å²) in [5.41, 5.74) is 6.25. The number of carbonyl (C=O) groups is 1. The van der Waals surface area contributed by atoms with E-state index in [1.807, 2.05) is 27.7 Å². The summed E-state index contributed by atoms with van der Waals surface area (Å²) in [6.45, 7) is 9.26. The molecule has 0 atom stereocenters. The topological polar surface area (TPSA) is 64.2 Å². The second kappa shape index (κ2) is 5.01. The zero-order valence-corrected chi connectivity index (χ0v) is 10.4. The van der Waals surface area contributed by atoms with Crippen molar-refractivity contribution >= 4 is 11.7 Å². The molecule has 0 bridgehead atoms. The van der Waals surface area contributed by atoms with Crippen LogP contribution in [0.15, 0.2) is 6.20 Å². The number of rotatable bonds is 4. The number of nitrogens with zero attached hydrogens (tertiary/aromatic N) is 3. The molecule has 1 heterocycles. The standard InChI is InChI=1S/C11H20N4O/c1-5-14(6-2)11(16)9-7-15(8(3)4)13-10(9)12/h7-8H,5-6H2,1-4H3,(H2,12,13). The van der Waals surface area contributed by atoms with Crippen LogP contribution in [0.25, 0.3) is 0 Å². The number of carbonyl (C=O) groups excluding carboxylic acids is 1. The van der Waals surface area contributed by atoms with E-state index in [4.69, 9.17) is 5.73 Å². The van der Waals surface area contributed by atoms with E-state index in [9.17, 15) is 4.79 Å². The van der Waals surface area contributed by atoms with Gasteiger partial charge in [0.15, 0.2) is 5.82 Å². The summed E-state index contributed by atoms with van der Waals surface area (Å²) < 4.78 is 1.71. The summed E-state index contributed by atoms with van der Waals surface area (Å²) in [6.07, 6.45) is 1.72. The number of nitrogen functional groups attached to an aromatic ring is 1. The maximum atomic E-state index is 12.1. The maximum absolute atomic E-state index is 12.1. The highest BCUT2D eigenvalue weighted by Gasteiger charge is 2.19. The molecule has 0 fully saturated rings. The number of anilines is 1. The van der Waals surface area contributed by atoms with Crippen molar-refractivity contribution in [1.29, 1.82) is 0 Å². The molecule has 90 valence electrons. The highest BCUT2D eigenvalue weighted by molar-refractivity contribution is 5.98. The lowest BCUT2D eigenvalue weighted by Crippen LogP contribution is -2.30. The van der Waals surface area contributed by atoms with Gasteiger partial charge in [0.25, 0.3) is 5.91 Å². The van der Waals surface area contributed by atoms with Gasteiger partial charge in [-0.05, 0) is 27.7 Å². The van der Waals surface area contributed by atoms with E-state index >= 15 is 0 Å². The first-order valence-electron chi connectivity index (χ1n) is 5.65. The van der Waals surface area contributed by atoms with Crippen molar-refractivity contribution in [2.75, 3.05) is 18.8 Å². The number of hydrogen-bond donors (Lipinski definition) is 1. The molecular weight excluding hydrogens is 204 g/mol. The van der Waals surface area contributed by atoms with Gasteiger partial charge in [0.1, 0.15) is 5.56 Å². The van der Waals surface area contributed by atoms with Crippen molar-refractivity contribution in [3.63, 3.8) is 0 Å². The van der Waals surface area contributed by atoms with Crippen molar-refractivity contribution in [1.82, 2.24) is 14.7 Å². The number of nitrogens with two attached hydrogens (primary N) is 1. The van der Waals surface area contributed by atoms with Crippen LogP contribution in [0, 0.1) is 0 Å². The molecule has 1 aromatic rings. The molecule has 5 heteroatoms. The molecule has 1 amide bonds. The summed E-state index contributed by atoms with van der Waals surface area (Å²) in [4.78, 5) is 13.8. The van der Waals surface area contributed by atoms with E-state index in [0.29, 0.717) is 24.5 Å². The van der Waals surface area contributed by atoms with Crippen molar-refractivity contribution in [3.8, 4) is 0 Å². The van der Waals surface area contributed by atoms with Gasteiger partial charge in [-0.2, -0.15) is 5.10 Å². The minimum absolute atomic E-state index is 0.0469. The first kappa shape index (κ1) is 12.5. The Kier molecular flexibility index (Phi) is 3.93. The Morgan fingerprint density at radius 2 is 2.06 bits per heavy atom. The minimum atomic E-state index is -0.0469. The van der Waals surface area contributed by atoms with E-state index in [1.165, 1.54) is 0 Å². The van der Waals surface area contributed by atoms with E-state index in [2.05, 4.69) is 5.10 Å². The van der Waals surface area contributed by atoms with Gasteiger partial charge >= 0.3 is 0 Å². The predicted octanol–water partition coefficient (Wildman–Crippen LogP) is 1.53. The molecule has 16 heavy (non-hydrogen) atoms. The van der Waals surface area contributed by atoms with Crippen molar-refractivity contribution in [2.45, 2.75) is 33.7 Å². The molecule has 0 unspecified atom stereocenters. The van der Waals surface area contributed by atoms with Crippen LogP contribution < -0.4 is 5.73 Å². The molecule has 0 radical (unpaired) electrons. The molecule has 0 aliphatic rings. The Balaban J connectivity index is 2.99. The smallest absolute Gasteiger partial charge is 0.259 e. The highest BCUT2D eigenvalue weighted by atomic mass is 16.2. The third kappa shape index (κ3) is 2.35. The molecule has 1 rings (SSSR count). The molecule has 0 aliphatic carbocycles. The Morgan fingerprint density at radius 3 is 2.44 bits per heavy atom. The Bertz CT molecular complexity index is 366. The second-order valence-corrected chi connectivity index (χ2v) is 3.98. The summed E-state index contributed by atoms with van der Waals surface area (Å²) in [5, 5.41) is 4.13. The van der Waals surface area contributed by atoms with Crippen LogP contribution in [-0.2, 0) is 0 Å². The average Bonchev–Trinajstić information content (AvgIpc) is 2.62. The lowest BCUT2D eigenvalue weighted by Gasteiger charge is -2.17. The first-order valence-corrected chi connectivity index (χ1v) is 5.65. The Hall–Kier alpha value is -1.52. The SMILES string of the molecule is CCN(CC)C(=O)c1cn(C(C)C)nc1N. The molecule has 1 aromatic heterocycles. The van der Waals surface area contributed by atoms with Gasteiger partial charge in [-0.15, -0.1) is 0 Å². The molecular formula is C11H20N4O. The monoisotopic (exact) mass is 224 g/mol. The van der Waals surface area contributed by atoms with Gasteiger partial charge in [0.2, 0.25) is 0 Å². The third-order valence-corrected chi connectivity index (χ3v) is 2.57. The molecule has 0 aliphatic heterocycles. The van der Waals surface area contributed by atoms with Crippen LogP contribution in [-0.4, -0.2) is 33.7 Å². The van der Waals surface area contributed by atoms with Crippen molar-refractivity contribution < 1.29 is 4.79 Å². The third-order valence-electron chi connectivity index (χ3n) is 2.57. The maximum Gasteiger partial charge on any atom is 0.259 e. The van der Waals surface area contributed by atoms with E-state index in [-0.39, 0.29) is 11.9 Å². The predicted molar refractivity (Wildman–Crippen MR) is 64.3 cm³/mol. The quantitative estimate of drug-likeness (QED) is 0.843. The Morgan fingerprint density at radius 1 is 1.50 bits per heavy atom. The molecule has 0 saturated carbocycles. The fourth-order valence-corrected chi connectivity index (χ4v) is 1.52. The second-order valence-electron chi connectivity index (χ2n) is 3.98. The fraction of sp³-hybridized carbons (Fsp3) is 0.636. The molecule has 0 spiro atoms. The molecule has 5 nitrogen and oxygen atoms in total. The zero-order chi connectivity index (χ0) is 12.3. The number of amides is 1. The van der Waals surface area contributed by atoms with E-state index in [0.717, 1.165) is 0 Å². The summed E-state index contributed by atoms with van der Waals surface area (Å²) in [7, 11) is 0. The lowest BCUT2D eigenvalue weighted by molar-refractivity contribution is 0.0774. The van der Waals surface area contributed by atoms with Gasteiger partial charge in [-0.1, -0.05) is 0 Å². The van der Waals surface area contributed by atoms with Gasteiger partial charge in [-0.25, -0.2) is 0 Å². The molecule has 2 N–H and O–H groups in total. The largest absolute Gasteiger partial charge is 0.382 e. The normalized spacial score (nSPS) is 10.8. The first-order chi connectivity index (χ1) is 7.51. The highest BCUT2D eigenvalue weighted by Crippen LogP contribution is 2.15. The van der Waals surface area contributed by atoms with Crippen LogP contribution >= 0.6 is 0 Å². The van der Waals surface area contributed by atoms with Crippen LogP contribution in [0.5, 0.6) is 0 Å². The average molecular weight is 224 g/mol. The minimum Gasteiger partial charge on any atom is -0.382 e. The van der Waals surface area contributed by atoms with Crippen molar-refractivity contribution in [3.05, 3.63) is 11.8 Å². The summed E-state index contributed by atoms with van der Waals surface area (Å²) >= 11 is 0. The van der Waals surface area contributed by atoms with Gasteiger partial charge in [0.05, 0.1) is 0 Å². The van der Waals surface area contributed by atoms with E-state index < -0.39 is 0 Å². The number of aromatic nitrogens is 2. The van der Waals surface area contributed by atoms with Gasteiger partial charge in [0, 0.05) is 25.3 Å². The van der Waals surface area contributed by atoms with Crippen molar-refractivity contribution in [2.24, 2.45) is 0 Å². The Labute approximate surface area is 96.2 Å². The van der Waals surface area contributed by atoms with Gasteiger partial charge < -0.3 is 10.6 Å². The van der Waals surface area contributed by atoms with Crippen LogP contribution in [0.2, 0.25) is 0 Å². The van der Waals surface area contributed by atoms with Crippen LogP contribution in [0.1, 0.15) is 44.1 Å². The van der Waals surface area contributed by atoms with E-state index in [1.54, 1.807) is 15.8 Å². The zero-order valence-electron chi connectivity index (χ0n) is 10.4. The summed E-state index contributed by atoms with van der Waals surface area (Å²) in [6, 6.07) is 0.209. The van der Waals surface area contributed by atoms with Gasteiger partial charge in [-0.3, -0.25) is 9.48 Å². The summed E-state index contributed by atoms with van der Waals surface area (Å²) in [5.74, 6) is 0.264. The molecule has 0 aromatic carbocycles. The fourth-order valence-electron chi connectivity index (χ4n) is 1.52. The van der Waals surface area contributed by atoms with Crippen LogP contribution in [0.3, 0.4) is 0 Å². The number of hydrogen-bond acceptors (Lipinski definition) is 3. The lowest BCUT2D eigenvalue weighted by atomic mass is 10.2. The van der Waals surface area contributed by atoms with Crippen LogP contribution in [0.4, 0.5) is 5.82 Å². The molecule has 0 saturated heterocycles.